The van der Waals surface area contributed by atoms with Crippen molar-refractivity contribution < 1.29 is 35.9 Å². The summed E-state index contributed by atoms with van der Waals surface area (Å²) < 4.78 is 83.3. The number of nitrogens with zero attached hydrogens (tertiary/aromatic N) is 3. The summed E-state index contributed by atoms with van der Waals surface area (Å²) in [6.07, 6.45) is -3.48. The molecule has 0 aliphatic carbocycles. The van der Waals surface area contributed by atoms with Crippen molar-refractivity contribution in [1.29, 1.82) is 0 Å². The van der Waals surface area contributed by atoms with Gasteiger partial charge < -0.3 is 10.0 Å². The second-order valence-electron chi connectivity index (χ2n) is 8.47. The zero-order valence-electron chi connectivity index (χ0n) is 20.6. The van der Waals surface area contributed by atoms with E-state index < -0.39 is 50.1 Å². The third kappa shape index (κ3) is 7.18. The van der Waals surface area contributed by atoms with E-state index in [0.29, 0.717) is 24.6 Å². The molecule has 2 aromatic heterocycles. The molecule has 38 heavy (non-hydrogen) atoms. The van der Waals surface area contributed by atoms with Crippen LogP contribution in [0.15, 0.2) is 53.6 Å². The van der Waals surface area contributed by atoms with Crippen molar-refractivity contribution in [3.8, 4) is 11.3 Å². The number of hydrogen-bond acceptors (Lipinski definition) is 6. The molecule has 0 radical (unpaired) electrons. The van der Waals surface area contributed by atoms with Gasteiger partial charge in [0.1, 0.15) is 17.5 Å². The van der Waals surface area contributed by atoms with Gasteiger partial charge in [-0.1, -0.05) is 25.5 Å². The van der Waals surface area contributed by atoms with Gasteiger partial charge in [-0.2, -0.15) is 21.6 Å². The molecule has 2 heterocycles. The molecule has 204 valence electrons. The van der Waals surface area contributed by atoms with Crippen LogP contribution < -0.4 is 9.62 Å². The van der Waals surface area contributed by atoms with E-state index in [1.54, 1.807) is 4.90 Å². The fraction of sp³-hybridized carbons (Fsp3) is 0.320. The van der Waals surface area contributed by atoms with Gasteiger partial charge in [0.05, 0.1) is 17.7 Å². The minimum Gasteiger partial charge on any atom is -0.481 e. The third-order valence-electron chi connectivity index (χ3n) is 5.58. The first kappa shape index (κ1) is 28.8. The van der Waals surface area contributed by atoms with Gasteiger partial charge in [0.15, 0.2) is 5.03 Å². The fourth-order valence-electron chi connectivity index (χ4n) is 3.64. The van der Waals surface area contributed by atoms with Crippen LogP contribution in [0.4, 0.5) is 29.2 Å². The van der Waals surface area contributed by atoms with Crippen molar-refractivity contribution >= 4 is 27.6 Å². The Bertz CT molecular complexity index is 1410. The first-order chi connectivity index (χ1) is 17.8. The van der Waals surface area contributed by atoms with E-state index in [-0.39, 0.29) is 24.3 Å². The number of aromatic nitrogens is 2. The number of carboxylic acid groups (broad SMARTS) is 1. The van der Waals surface area contributed by atoms with Gasteiger partial charge in [-0.15, -0.1) is 0 Å². The second kappa shape index (κ2) is 11.8. The van der Waals surface area contributed by atoms with Gasteiger partial charge in [0.2, 0.25) is 0 Å². The van der Waals surface area contributed by atoms with Crippen molar-refractivity contribution in [3.63, 3.8) is 0 Å². The highest BCUT2D eigenvalue weighted by Crippen LogP contribution is 2.38. The number of aryl methyl sites for hydroxylation is 1. The summed E-state index contributed by atoms with van der Waals surface area (Å²) >= 11 is 0. The van der Waals surface area contributed by atoms with Gasteiger partial charge in [-0.3, -0.25) is 9.52 Å². The van der Waals surface area contributed by atoms with Gasteiger partial charge in [-0.25, -0.2) is 14.4 Å². The Balaban J connectivity index is 1.99. The van der Waals surface area contributed by atoms with Crippen LogP contribution in [0.25, 0.3) is 11.3 Å². The molecule has 0 aliphatic heterocycles. The lowest BCUT2D eigenvalue weighted by Gasteiger charge is -2.23. The Morgan fingerprint density at radius 3 is 2.47 bits per heavy atom. The van der Waals surface area contributed by atoms with Crippen molar-refractivity contribution in [2.24, 2.45) is 0 Å². The number of unbranched alkanes of at least 4 members (excludes halogenated alkanes) is 1. The molecule has 13 heteroatoms. The maximum Gasteiger partial charge on any atom is 0.418 e. The van der Waals surface area contributed by atoms with Crippen LogP contribution in [0.2, 0.25) is 0 Å². The molecule has 0 unspecified atom stereocenters. The molecule has 2 N–H and O–H groups in total. The molecule has 0 saturated carbocycles. The van der Waals surface area contributed by atoms with Crippen LogP contribution in [0.1, 0.15) is 37.3 Å². The predicted octanol–water partition coefficient (Wildman–Crippen LogP) is 5.49. The summed E-state index contributed by atoms with van der Waals surface area (Å²) in [7, 11) is -4.41. The number of hydrogen-bond donors (Lipinski definition) is 2. The van der Waals surface area contributed by atoms with Gasteiger partial charge in [0, 0.05) is 18.7 Å². The summed E-state index contributed by atoms with van der Waals surface area (Å²) in [5.41, 5.74) is -1.61. The molecular formula is C25H26F4N4O4S. The molecule has 1 aromatic carbocycles. The standard InChI is InChI=1S/C25H26F4N4O4S/c1-3-4-13-33(14-12-23(34)35)21-6-5-7-22(31-21)38(36,37)32-20-11-10-19(25(27,28)29)24(30-20)18-15-17(26)9-8-16(18)2/h5-11,15H,3-4,12-14H2,1-2H3,(H,30,32)(H,34,35). The van der Waals surface area contributed by atoms with Crippen molar-refractivity contribution in [2.75, 3.05) is 22.7 Å². The second-order valence-corrected chi connectivity index (χ2v) is 10.1. The number of halogens is 4. The number of alkyl halides is 3. The first-order valence-electron chi connectivity index (χ1n) is 11.6. The zero-order chi connectivity index (χ0) is 28.1. The smallest absolute Gasteiger partial charge is 0.418 e. The van der Waals surface area contributed by atoms with Crippen molar-refractivity contribution in [1.82, 2.24) is 9.97 Å². The number of carboxylic acids is 1. The molecule has 0 amide bonds. The van der Waals surface area contributed by atoms with Crippen molar-refractivity contribution in [3.05, 3.63) is 65.5 Å². The van der Waals surface area contributed by atoms with E-state index in [0.717, 1.165) is 24.6 Å². The Labute approximate surface area is 217 Å². The molecule has 8 nitrogen and oxygen atoms in total. The lowest BCUT2D eigenvalue weighted by Crippen LogP contribution is -2.28. The number of anilines is 2. The number of nitrogens with one attached hydrogen (secondary N) is 1. The zero-order valence-corrected chi connectivity index (χ0v) is 21.4. The average molecular weight is 555 g/mol. The summed E-state index contributed by atoms with van der Waals surface area (Å²) in [5, 5.41) is 8.61. The highest BCUT2D eigenvalue weighted by atomic mass is 32.2. The van der Waals surface area contributed by atoms with Crippen molar-refractivity contribution in [2.45, 2.75) is 44.3 Å². The monoisotopic (exact) mass is 554 g/mol. The van der Waals surface area contributed by atoms with E-state index in [1.807, 2.05) is 6.92 Å². The number of pyridine rings is 2. The van der Waals surface area contributed by atoms with Crippen LogP contribution in [-0.2, 0) is 21.0 Å². The van der Waals surface area contributed by atoms with Gasteiger partial charge in [0.25, 0.3) is 10.0 Å². The molecule has 0 fully saturated rings. The highest BCUT2D eigenvalue weighted by molar-refractivity contribution is 7.92. The summed E-state index contributed by atoms with van der Waals surface area (Å²) in [6, 6.07) is 9.00. The van der Waals surface area contributed by atoms with Crippen LogP contribution in [0.3, 0.4) is 0 Å². The third-order valence-corrected chi connectivity index (χ3v) is 6.84. The summed E-state index contributed by atoms with van der Waals surface area (Å²) in [6.45, 7) is 3.99. The molecule has 0 saturated heterocycles. The minimum absolute atomic E-state index is 0.107. The van der Waals surface area contributed by atoms with E-state index >= 15 is 0 Å². The fourth-order valence-corrected chi connectivity index (χ4v) is 4.60. The van der Waals surface area contributed by atoms with Crippen LogP contribution in [0.5, 0.6) is 0 Å². The molecule has 0 spiro atoms. The molecule has 0 atom stereocenters. The van der Waals surface area contributed by atoms with E-state index in [2.05, 4.69) is 14.7 Å². The predicted molar refractivity (Wildman–Crippen MR) is 134 cm³/mol. The van der Waals surface area contributed by atoms with E-state index in [4.69, 9.17) is 5.11 Å². The molecular weight excluding hydrogens is 528 g/mol. The Hall–Kier alpha value is -3.74. The highest BCUT2D eigenvalue weighted by Gasteiger charge is 2.35. The minimum atomic E-state index is -4.83. The normalized spacial score (nSPS) is 11.8. The number of aliphatic carboxylic acids is 1. The van der Waals surface area contributed by atoms with Gasteiger partial charge in [-0.05, 0) is 55.3 Å². The Morgan fingerprint density at radius 1 is 1.08 bits per heavy atom. The van der Waals surface area contributed by atoms with E-state index in [1.165, 1.54) is 31.2 Å². The number of sulfonamides is 1. The van der Waals surface area contributed by atoms with Crippen LogP contribution in [0, 0.1) is 12.7 Å². The van der Waals surface area contributed by atoms with E-state index in [9.17, 15) is 30.8 Å². The lowest BCUT2D eigenvalue weighted by atomic mass is 10.0. The van der Waals surface area contributed by atoms with Gasteiger partial charge >= 0.3 is 12.1 Å². The molecule has 0 bridgehead atoms. The largest absolute Gasteiger partial charge is 0.481 e. The topological polar surface area (TPSA) is 112 Å². The van der Waals surface area contributed by atoms with Crippen LogP contribution >= 0.6 is 0 Å². The number of carbonyl (C=O) groups is 1. The maximum absolute atomic E-state index is 13.9. The number of rotatable bonds is 11. The number of benzene rings is 1. The molecule has 3 rings (SSSR count). The van der Waals surface area contributed by atoms with Crippen LogP contribution in [-0.4, -0.2) is 42.6 Å². The Morgan fingerprint density at radius 2 is 1.82 bits per heavy atom. The SMILES string of the molecule is CCCCN(CCC(=O)O)c1cccc(S(=O)(=O)Nc2ccc(C(F)(F)F)c(-c3cc(F)ccc3C)n2)n1. The Kier molecular flexibility index (Phi) is 8.92. The average Bonchev–Trinajstić information content (AvgIpc) is 2.84. The molecule has 3 aromatic rings. The lowest BCUT2D eigenvalue weighted by molar-refractivity contribution is -0.138. The maximum atomic E-state index is 13.9. The quantitative estimate of drug-likeness (QED) is 0.301. The summed E-state index contributed by atoms with van der Waals surface area (Å²) in [4.78, 5) is 20.7. The molecule has 0 aliphatic rings. The summed E-state index contributed by atoms with van der Waals surface area (Å²) in [5.74, 6) is -1.98. The first-order valence-corrected chi connectivity index (χ1v) is 13.1.